The molecule has 0 aliphatic heterocycles. The molecule has 0 radical (unpaired) electrons. The van der Waals surface area contributed by atoms with Gasteiger partial charge in [-0.25, -0.2) is 4.98 Å². The first-order valence-corrected chi connectivity index (χ1v) is 7.23. The molecule has 1 aliphatic rings. The summed E-state index contributed by atoms with van der Waals surface area (Å²) in [6.07, 6.45) is 6.41. The van der Waals surface area contributed by atoms with E-state index in [9.17, 15) is 9.59 Å². The molecule has 6 nitrogen and oxygen atoms in total. The molecule has 1 aliphatic carbocycles. The summed E-state index contributed by atoms with van der Waals surface area (Å²) in [6.45, 7) is 0.355. The maximum atomic E-state index is 12.1. The number of aliphatic carboxylic acids is 1. The minimum absolute atomic E-state index is 0.0883. The lowest BCUT2D eigenvalue weighted by molar-refractivity contribution is -0.140. The molecule has 0 atom stereocenters. The SMILES string of the molecule is Nc1cccnc1C(=O)NCC1(CC(=O)O)CCCCC1. The highest BCUT2D eigenvalue weighted by Crippen LogP contribution is 2.38. The van der Waals surface area contributed by atoms with Crippen LogP contribution in [-0.4, -0.2) is 28.5 Å². The number of pyridine rings is 1. The van der Waals surface area contributed by atoms with E-state index in [-0.39, 0.29) is 23.4 Å². The maximum Gasteiger partial charge on any atom is 0.303 e. The molecule has 4 N–H and O–H groups in total. The second kappa shape index (κ2) is 6.56. The first kappa shape index (κ1) is 15.3. The summed E-state index contributed by atoms with van der Waals surface area (Å²) in [5.74, 6) is -1.16. The average Bonchev–Trinajstić information content (AvgIpc) is 2.46. The number of nitrogens with two attached hydrogens (primary N) is 1. The summed E-state index contributed by atoms with van der Waals surface area (Å²) in [5.41, 5.74) is 5.90. The van der Waals surface area contributed by atoms with Gasteiger partial charge >= 0.3 is 5.97 Å². The molecular weight excluding hydrogens is 270 g/mol. The molecular formula is C15H21N3O3. The molecule has 1 heterocycles. The number of carbonyl (C=O) groups excluding carboxylic acids is 1. The fourth-order valence-electron chi connectivity index (χ4n) is 3.00. The van der Waals surface area contributed by atoms with E-state index in [2.05, 4.69) is 10.3 Å². The van der Waals surface area contributed by atoms with Crippen molar-refractivity contribution in [1.82, 2.24) is 10.3 Å². The molecule has 0 saturated heterocycles. The van der Waals surface area contributed by atoms with E-state index in [1.54, 1.807) is 12.1 Å². The van der Waals surface area contributed by atoms with Crippen LogP contribution in [0.2, 0.25) is 0 Å². The van der Waals surface area contributed by atoms with Crippen molar-refractivity contribution in [2.75, 3.05) is 12.3 Å². The number of amides is 1. The Kier molecular flexibility index (Phi) is 4.77. The highest BCUT2D eigenvalue weighted by Gasteiger charge is 2.35. The Bertz CT molecular complexity index is 525. The van der Waals surface area contributed by atoms with E-state index in [1.807, 2.05) is 0 Å². The van der Waals surface area contributed by atoms with Gasteiger partial charge in [0.1, 0.15) is 0 Å². The van der Waals surface area contributed by atoms with Crippen molar-refractivity contribution >= 4 is 17.6 Å². The van der Waals surface area contributed by atoms with Gasteiger partial charge in [-0.3, -0.25) is 9.59 Å². The van der Waals surface area contributed by atoms with Crippen molar-refractivity contribution in [3.05, 3.63) is 24.0 Å². The number of nitrogens with zero attached hydrogens (tertiary/aromatic N) is 1. The Balaban J connectivity index is 2.03. The Morgan fingerprint density at radius 2 is 2.05 bits per heavy atom. The molecule has 0 unspecified atom stereocenters. The van der Waals surface area contributed by atoms with Crippen molar-refractivity contribution in [2.45, 2.75) is 38.5 Å². The third kappa shape index (κ3) is 3.93. The second-order valence-electron chi connectivity index (χ2n) is 5.76. The van der Waals surface area contributed by atoms with E-state index in [1.165, 1.54) is 6.20 Å². The summed E-state index contributed by atoms with van der Waals surface area (Å²) >= 11 is 0. The van der Waals surface area contributed by atoms with Crippen LogP contribution in [0.4, 0.5) is 5.69 Å². The molecule has 1 aromatic rings. The van der Waals surface area contributed by atoms with E-state index in [4.69, 9.17) is 10.8 Å². The fourth-order valence-corrected chi connectivity index (χ4v) is 3.00. The quantitative estimate of drug-likeness (QED) is 0.767. The van der Waals surface area contributed by atoms with E-state index >= 15 is 0 Å². The monoisotopic (exact) mass is 291 g/mol. The zero-order valence-corrected chi connectivity index (χ0v) is 12.0. The summed E-state index contributed by atoms with van der Waals surface area (Å²) in [7, 11) is 0. The van der Waals surface area contributed by atoms with E-state index < -0.39 is 5.97 Å². The summed E-state index contributed by atoms with van der Waals surface area (Å²) in [6, 6.07) is 3.29. The van der Waals surface area contributed by atoms with Crippen LogP contribution in [0, 0.1) is 5.41 Å². The summed E-state index contributed by atoms with van der Waals surface area (Å²) in [4.78, 5) is 27.2. The van der Waals surface area contributed by atoms with E-state index in [0.717, 1.165) is 32.1 Å². The smallest absolute Gasteiger partial charge is 0.303 e. The number of aromatic nitrogens is 1. The Morgan fingerprint density at radius 1 is 1.33 bits per heavy atom. The van der Waals surface area contributed by atoms with E-state index in [0.29, 0.717) is 12.2 Å². The zero-order valence-electron chi connectivity index (χ0n) is 12.0. The topological polar surface area (TPSA) is 105 Å². The van der Waals surface area contributed by atoms with Gasteiger partial charge in [0.25, 0.3) is 5.91 Å². The van der Waals surface area contributed by atoms with Gasteiger partial charge in [0, 0.05) is 12.7 Å². The fraction of sp³-hybridized carbons (Fsp3) is 0.533. The number of nitrogen functional groups attached to an aromatic ring is 1. The predicted octanol–water partition coefficient (Wildman–Crippen LogP) is 1.82. The third-order valence-corrected chi connectivity index (χ3v) is 4.12. The minimum Gasteiger partial charge on any atom is -0.481 e. The molecule has 1 amide bonds. The van der Waals surface area contributed by atoms with Gasteiger partial charge in [0.15, 0.2) is 5.69 Å². The predicted molar refractivity (Wildman–Crippen MR) is 78.8 cm³/mol. The lowest BCUT2D eigenvalue weighted by Crippen LogP contribution is -2.40. The first-order chi connectivity index (χ1) is 10.0. The number of carbonyl (C=O) groups is 2. The number of nitrogens with one attached hydrogen (secondary N) is 1. The zero-order chi connectivity index (χ0) is 15.3. The third-order valence-electron chi connectivity index (χ3n) is 4.12. The lowest BCUT2D eigenvalue weighted by atomic mass is 9.71. The number of hydrogen-bond donors (Lipinski definition) is 3. The molecule has 1 fully saturated rings. The Morgan fingerprint density at radius 3 is 2.67 bits per heavy atom. The van der Waals surface area contributed by atoms with Gasteiger partial charge in [-0.1, -0.05) is 19.3 Å². The minimum atomic E-state index is -0.816. The van der Waals surface area contributed by atoms with Crippen LogP contribution in [0.1, 0.15) is 49.0 Å². The molecule has 1 aromatic heterocycles. The highest BCUT2D eigenvalue weighted by molar-refractivity contribution is 5.97. The Hall–Kier alpha value is -2.11. The number of rotatable bonds is 5. The van der Waals surface area contributed by atoms with Gasteiger partial charge in [0.05, 0.1) is 12.1 Å². The highest BCUT2D eigenvalue weighted by atomic mass is 16.4. The largest absolute Gasteiger partial charge is 0.481 e. The first-order valence-electron chi connectivity index (χ1n) is 7.23. The normalized spacial score (nSPS) is 17.1. The van der Waals surface area contributed by atoms with Gasteiger partial charge in [-0.2, -0.15) is 0 Å². The van der Waals surface area contributed by atoms with Crippen molar-refractivity contribution in [3.63, 3.8) is 0 Å². The van der Waals surface area contributed by atoms with Crippen LogP contribution < -0.4 is 11.1 Å². The van der Waals surface area contributed by atoms with Gasteiger partial charge in [0.2, 0.25) is 0 Å². The standard InChI is InChI=1S/C15H21N3O3/c16-11-5-4-8-17-13(11)14(21)18-10-15(9-12(19)20)6-2-1-3-7-15/h4-5,8H,1-3,6-7,9-10,16H2,(H,18,21)(H,19,20). The van der Waals surface area contributed by atoms with Gasteiger partial charge < -0.3 is 16.2 Å². The van der Waals surface area contributed by atoms with Crippen LogP contribution in [0.25, 0.3) is 0 Å². The molecule has 21 heavy (non-hydrogen) atoms. The van der Waals surface area contributed by atoms with Crippen LogP contribution in [0.5, 0.6) is 0 Å². The maximum absolute atomic E-state index is 12.1. The van der Waals surface area contributed by atoms with Crippen LogP contribution in [0.3, 0.4) is 0 Å². The second-order valence-corrected chi connectivity index (χ2v) is 5.76. The number of carboxylic acid groups (broad SMARTS) is 1. The number of anilines is 1. The van der Waals surface area contributed by atoms with Crippen LogP contribution >= 0.6 is 0 Å². The number of hydrogen-bond acceptors (Lipinski definition) is 4. The summed E-state index contributed by atoms with van der Waals surface area (Å²) < 4.78 is 0. The van der Waals surface area contributed by atoms with Gasteiger partial charge in [-0.15, -0.1) is 0 Å². The summed E-state index contributed by atoms with van der Waals surface area (Å²) in [5, 5.41) is 11.9. The molecule has 1 saturated carbocycles. The van der Waals surface area contributed by atoms with Crippen molar-refractivity contribution in [2.24, 2.45) is 5.41 Å². The molecule has 0 aromatic carbocycles. The molecule has 6 heteroatoms. The van der Waals surface area contributed by atoms with Crippen molar-refractivity contribution in [3.8, 4) is 0 Å². The number of carboxylic acids is 1. The lowest BCUT2D eigenvalue weighted by Gasteiger charge is -2.36. The van der Waals surface area contributed by atoms with Gasteiger partial charge in [-0.05, 0) is 30.4 Å². The van der Waals surface area contributed by atoms with Crippen LogP contribution in [0.15, 0.2) is 18.3 Å². The molecule has 0 bridgehead atoms. The Labute approximate surface area is 123 Å². The van der Waals surface area contributed by atoms with Crippen molar-refractivity contribution < 1.29 is 14.7 Å². The van der Waals surface area contributed by atoms with Crippen LogP contribution in [-0.2, 0) is 4.79 Å². The molecule has 0 spiro atoms. The molecule has 114 valence electrons. The van der Waals surface area contributed by atoms with Crippen molar-refractivity contribution in [1.29, 1.82) is 0 Å². The average molecular weight is 291 g/mol. The molecule has 2 rings (SSSR count).